The Morgan fingerprint density at radius 3 is 1.05 bits per heavy atom. The molecule has 2 N–H and O–H groups in total. The molecule has 0 atom stereocenters. The van der Waals surface area contributed by atoms with Crippen LogP contribution in [0.1, 0.15) is 130 Å². The van der Waals surface area contributed by atoms with Gasteiger partial charge >= 0.3 is 0 Å². The second kappa shape index (κ2) is 11.1. The quantitative estimate of drug-likeness (QED) is 0.349. The fourth-order valence-corrected chi connectivity index (χ4v) is 5.17. The molecule has 0 aliphatic heterocycles. The molecule has 4 nitrogen and oxygen atoms in total. The van der Waals surface area contributed by atoms with E-state index in [1.165, 1.54) is 6.92 Å². The number of carbonyl (C=O) groups excluding carboxylic acids is 2. The maximum atomic E-state index is 13.5. The van der Waals surface area contributed by atoms with Gasteiger partial charge in [0.2, 0.25) is 0 Å². The molecule has 0 saturated heterocycles. The lowest BCUT2D eigenvalue weighted by Gasteiger charge is -2.30. The number of Topliss-reactive ketones (excluding diaryl/α,β-unsaturated/α-hetero) is 2. The van der Waals surface area contributed by atoms with Crippen molar-refractivity contribution in [3.63, 3.8) is 0 Å². The molecule has 0 bridgehead atoms. The van der Waals surface area contributed by atoms with Crippen LogP contribution in [0.25, 0.3) is 0 Å². The number of benzene rings is 2. The van der Waals surface area contributed by atoms with E-state index in [9.17, 15) is 19.8 Å². The van der Waals surface area contributed by atoms with Gasteiger partial charge in [-0.3, -0.25) is 9.59 Å². The minimum atomic E-state index is -0.413. The molecule has 0 fully saturated rings. The second-order valence-corrected chi connectivity index (χ2v) is 15.5. The maximum Gasteiger partial charge on any atom is 0.143 e. The zero-order valence-corrected chi connectivity index (χ0v) is 26.7. The van der Waals surface area contributed by atoms with Gasteiger partial charge in [-0.1, -0.05) is 107 Å². The van der Waals surface area contributed by atoms with Crippen molar-refractivity contribution in [2.45, 2.75) is 131 Å². The van der Waals surface area contributed by atoms with Crippen molar-refractivity contribution in [3.05, 3.63) is 57.6 Å². The molecule has 2 rings (SSSR count). The lowest BCUT2D eigenvalue weighted by Crippen LogP contribution is -2.24. The van der Waals surface area contributed by atoms with Crippen LogP contribution in [0.15, 0.2) is 24.3 Å². The highest BCUT2D eigenvalue weighted by molar-refractivity contribution is 5.99. The highest BCUT2D eigenvalue weighted by atomic mass is 16.3. The molecule has 2 aromatic carbocycles. The summed E-state index contributed by atoms with van der Waals surface area (Å²) in [5.41, 5.74) is 4.28. The van der Waals surface area contributed by atoms with Gasteiger partial charge in [-0.05, 0) is 74.8 Å². The summed E-state index contributed by atoms with van der Waals surface area (Å²) < 4.78 is 0. The molecule has 0 unspecified atom stereocenters. The second-order valence-electron chi connectivity index (χ2n) is 15.5. The Hall–Kier alpha value is -2.62. The van der Waals surface area contributed by atoms with Crippen molar-refractivity contribution in [3.8, 4) is 11.5 Å². The van der Waals surface area contributed by atoms with Crippen LogP contribution < -0.4 is 0 Å². The van der Waals surface area contributed by atoms with Crippen LogP contribution in [0.2, 0.25) is 0 Å². The Morgan fingerprint density at radius 2 is 0.846 bits per heavy atom. The highest BCUT2D eigenvalue weighted by Crippen LogP contribution is 2.42. The van der Waals surface area contributed by atoms with Gasteiger partial charge < -0.3 is 10.2 Å². The van der Waals surface area contributed by atoms with Gasteiger partial charge in [0.25, 0.3) is 0 Å². The van der Waals surface area contributed by atoms with Crippen LogP contribution in [-0.2, 0) is 44.1 Å². The summed E-state index contributed by atoms with van der Waals surface area (Å²) in [7, 11) is 0. The highest BCUT2D eigenvalue weighted by Gasteiger charge is 2.30. The Balaban J connectivity index is 2.71. The third-order valence-electron chi connectivity index (χ3n) is 7.41. The number of phenolic OH excluding ortho intramolecular Hbond substituents is 2. The molecule has 0 radical (unpaired) electrons. The van der Waals surface area contributed by atoms with Gasteiger partial charge in [0, 0.05) is 5.92 Å². The number of ketones is 2. The minimum absolute atomic E-state index is 0.0760. The van der Waals surface area contributed by atoms with Crippen molar-refractivity contribution in [2.24, 2.45) is 5.92 Å². The van der Waals surface area contributed by atoms with E-state index in [4.69, 9.17) is 0 Å². The molecule has 2 aromatic rings. The van der Waals surface area contributed by atoms with Crippen LogP contribution in [-0.4, -0.2) is 21.8 Å². The minimum Gasteiger partial charge on any atom is -0.507 e. The standard InChI is InChI=1S/C35H52O4/c1-21(36)14-29(37)24(15-22-17-25(32(2,3)4)30(38)26(18-22)33(5,6)7)16-23-19-27(34(8,9)10)31(39)28(20-23)35(11,12)13/h17-20,24,38-39H,14-16H2,1-13H3. The third-order valence-corrected chi connectivity index (χ3v) is 7.41. The van der Waals surface area contributed by atoms with Crippen LogP contribution in [0.5, 0.6) is 11.5 Å². The van der Waals surface area contributed by atoms with Gasteiger partial charge in [-0.25, -0.2) is 0 Å². The third kappa shape index (κ3) is 8.19. The molecule has 0 aromatic heterocycles. The Morgan fingerprint density at radius 1 is 0.590 bits per heavy atom. The van der Waals surface area contributed by atoms with Crippen molar-refractivity contribution in [2.75, 3.05) is 0 Å². The Bertz CT molecular complexity index is 1070. The summed E-state index contributed by atoms with van der Waals surface area (Å²) in [5, 5.41) is 22.4. The number of carbonyl (C=O) groups is 2. The summed E-state index contributed by atoms with van der Waals surface area (Å²) in [4.78, 5) is 25.5. The molecule has 0 heterocycles. The van der Waals surface area contributed by atoms with Crippen LogP contribution in [0, 0.1) is 5.92 Å². The first-order valence-corrected chi connectivity index (χ1v) is 14.2. The first-order chi connectivity index (χ1) is 17.4. The van der Waals surface area contributed by atoms with E-state index in [-0.39, 0.29) is 39.6 Å². The summed E-state index contributed by atoms with van der Waals surface area (Å²) in [6, 6.07) is 8.10. The number of hydrogen-bond donors (Lipinski definition) is 2. The Kier molecular flexibility index (Phi) is 9.28. The molecular formula is C35H52O4. The summed E-state index contributed by atoms with van der Waals surface area (Å²) in [5.74, 6) is -0.00264. The Labute approximate surface area is 237 Å². The molecule has 0 amide bonds. The van der Waals surface area contributed by atoms with Crippen molar-refractivity contribution in [1.82, 2.24) is 0 Å². The van der Waals surface area contributed by atoms with Crippen molar-refractivity contribution >= 4 is 11.6 Å². The van der Waals surface area contributed by atoms with Gasteiger partial charge in [0.1, 0.15) is 23.1 Å². The normalized spacial score (nSPS) is 13.2. The van der Waals surface area contributed by atoms with Gasteiger partial charge in [0.05, 0.1) is 6.42 Å². The van der Waals surface area contributed by atoms with E-state index in [1.54, 1.807) is 0 Å². The van der Waals surface area contributed by atoms with Crippen LogP contribution in [0.3, 0.4) is 0 Å². The smallest absolute Gasteiger partial charge is 0.143 e. The molecule has 216 valence electrons. The van der Waals surface area contributed by atoms with Crippen molar-refractivity contribution < 1.29 is 19.8 Å². The number of rotatable bonds is 7. The fourth-order valence-electron chi connectivity index (χ4n) is 5.17. The molecule has 0 aliphatic carbocycles. The molecular weight excluding hydrogens is 484 g/mol. The zero-order chi connectivity index (χ0) is 30.3. The number of aromatic hydroxyl groups is 2. The number of phenols is 2. The lowest BCUT2D eigenvalue weighted by molar-refractivity contribution is -0.128. The van der Waals surface area contributed by atoms with Gasteiger partial charge in [-0.2, -0.15) is 0 Å². The van der Waals surface area contributed by atoms with E-state index in [1.807, 2.05) is 24.3 Å². The molecule has 0 aliphatic rings. The largest absolute Gasteiger partial charge is 0.507 e. The van der Waals surface area contributed by atoms with Crippen LogP contribution >= 0.6 is 0 Å². The van der Waals surface area contributed by atoms with Gasteiger partial charge in [0.15, 0.2) is 0 Å². The predicted octanol–water partition coefficient (Wildman–Crippen LogP) is 8.24. The molecule has 0 saturated carbocycles. The van der Waals surface area contributed by atoms with E-state index >= 15 is 0 Å². The molecule has 0 spiro atoms. The van der Waals surface area contributed by atoms with Gasteiger partial charge in [-0.15, -0.1) is 0 Å². The molecule has 39 heavy (non-hydrogen) atoms. The van der Waals surface area contributed by atoms with Crippen LogP contribution in [0.4, 0.5) is 0 Å². The first kappa shape index (κ1) is 32.6. The summed E-state index contributed by atoms with van der Waals surface area (Å²) in [6.45, 7) is 26.4. The topological polar surface area (TPSA) is 74.6 Å². The number of hydrogen-bond acceptors (Lipinski definition) is 4. The predicted molar refractivity (Wildman–Crippen MR) is 162 cm³/mol. The van der Waals surface area contributed by atoms with E-state index in [0.717, 1.165) is 33.4 Å². The molecule has 4 heteroatoms. The lowest BCUT2D eigenvalue weighted by atomic mass is 9.75. The van der Waals surface area contributed by atoms with E-state index < -0.39 is 5.92 Å². The SMILES string of the molecule is CC(=O)CC(=O)C(Cc1cc(C(C)(C)C)c(O)c(C(C)(C)C)c1)Cc1cc(C(C)(C)C)c(O)c(C(C)(C)C)c1. The monoisotopic (exact) mass is 536 g/mol. The average Bonchev–Trinajstić information content (AvgIpc) is 2.71. The van der Waals surface area contributed by atoms with E-state index in [0.29, 0.717) is 24.3 Å². The summed E-state index contributed by atoms with van der Waals surface area (Å²) >= 11 is 0. The average molecular weight is 537 g/mol. The van der Waals surface area contributed by atoms with Crippen molar-refractivity contribution in [1.29, 1.82) is 0 Å². The van der Waals surface area contributed by atoms with E-state index in [2.05, 4.69) is 83.1 Å². The first-order valence-electron chi connectivity index (χ1n) is 14.2. The summed E-state index contributed by atoms with van der Waals surface area (Å²) in [6.07, 6.45) is 0.835. The maximum absolute atomic E-state index is 13.5. The zero-order valence-electron chi connectivity index (χ0n) is 26.7. The fraction of sp³-hybridized carbons (Fsp3) is 0.600.